The van der Waals surface area contributed by atoms with Gasteiger partial charge >= 0.3 is 0 Å². The molecule has 1 aromatic heterocycles. The first-order valence-electron chi connectivity index (χ1n) is 6.99. The molecule has 1 unspecified atom stereocenters. The zero-order valence-corrected chi connectivity index (χ0v) is 12.2. The third-order valence-electron chi connectivity index (χ3n) is 3.18. The number of nitrogens with one attached hydrogen (secondary N) is 1. The van der Waals surface area contributed by atoms with Crippen LogP contribution >= 0.6 is 0 Å². The lowest BCUT2D eigenvalue weighted by Crippen LogP contribution is -2.26. The highest BCUT2D eigenvalue weighted by Gasteiger charge is 2.13. The van der Waals surface area contributed by atoms with E-state index in [2.05, 4.69) is 19.2 Å². The summed E-state index contributed by atoms with van der Waals surface area (Å²) in [7, 11) is 0. The third-order valence-corrected chi connectivity index (χ3v) is 3.18. The predicted octanol–water partition coefficient (Wildman–Crippen LogP) is 3.97. The Hall–Kier alpha value is -2.03. The van der Waals surface area contributed by atoms with Crippen molar-refractivity contribution in [1.82, 2.24) is 5.32 Å². The van der Waals surface area contributed by atoms with Gasteiger partial charge in [-0.1, -0.05) is 26.0 Å². The fourth-order valence-electron chi connectivity index (χ4n) is 2.15. The molecule has 106 valence electrons. The molecule has 2 rings (SSSR count). The molecule has 1 N–H and O–H groups in total. The van der Waals surface area contributed by atoms with E-state index >= 15 is 0 Å². The smallest absolute Gasteiger partial charge is 0.251 e. The quantitative estimate of drug-likeness (QED) is 0.894. The number of hydrogen-bond donors (Lipinski definition) is 1. The summed E-state index contributed by atoms with van der Waals surface area (Å²) in [6, 6.07) is 11.3. The first-order valence-corrected chi connectivity index (χ1v) is 6.99. The van der Waals surface area contributed by atoms with Gasteiger partial charge in [0.25, 0.3) is 5.91 Å². The fraction of sp³-hybridized carbons (Fsp3) is 0.353. The third kappa shape index (κ3) is 3.73. The summed E-state index contributed by atoms with van der Waals surface area (Å²) < 4.78 is 5.28. The van der Waals surface area contributed by atoms with Crippen molar-refractivity contribution in [2.75, 3.05) is 0 Å². The Labute approximate surface area is 120 Å². The van der Waals surface area contributed by atoms with Crippen molar-refractivity contribution in [3.05, 3.63) is 59.5 Å². The van der Waals surface area contributed by atoms with Gasteiger partial charge < -0.3 is 9.73 Å². The highest BCUT2D eigenvalue weighted by molar-refractivity contribution is 5.94. The molecule has 0 fully saturated rings. The van der Waals surface area contributed by atoms with Crippen LogP contribution < -0.4 is 5.32 Å². The van der Waals surface area contributed by atoms with Gasteiger partial charge in [-0.15, -0.1) is 0 Å². The van der Waals surface area contributed by atoms with Crippen LogP contribution in [-0.2, 0) is 6.42 Å². The van der Waals surface area contributed by atoms with E-state index in [4.69, 9.17) is 4.42 Å². The largest absolute Gasteiger partial charge is 0.467 e. The Bertz CT molecular complexity index is 541. The summed E-state index contributed by atoms with van der Waals surface area (Å²) in [6.07, 6.45) is 2.64. The number of rotatable bonds is 5. The van der Waals surface area contributed by atoms with Gasteiger partial charge in [0, 0.05) is 5.56 Å². The average molecular weight is 271 g/mol. The second-order valence-corrected chi connectivity index (χ2v) is 5.51. The molecular weight excluding hydrogens is 250 g/mol. The van der Waals surface area contributed by atoms with Crippen molar-refractivity contribution in [3.8, 4) is 0 Å². The van der Waals surface area contributed by atoms with E-state index in [1.165, 1.54) is 5.56 Å². The molecule has 1 aromatic carbocycles. The van der Waals surface area contributed by atoms with Gasteiger partial charge in [0.15, 0.2) is 0 Å². The van der Waals surface area contributed by atoms with Crippen LogP contribution in [0.4, 0.5) is 0 Å². The van der Waals surface area contributed by atoms with Gasteiger partial charge in [0.2, 0.25) is 0 Å². The summed E-state index contributed by atoms with van der Waals surface area (Å²) >= 11 is 0. The molecule has 2 aromatic rings. The van der Waals surface area contributed by atoms with Gasteiger partial charge in [-0.05, 0) is 49.1 Å². The van der Waals surface area contributed by atoms with Crippen LogP contribution in [0.5, 0.6) is 0 Å². The SMILES string of the molecule is CC(C)Cc1ccc(C(=O)NC(C)c2ccco2)cc1. The van der Waals surface area contributed by atoms with Crippen LogP contribution in [0.15, 0.2) is 47.1 Å². The van der Waals surface area contributed by atoms with Crippen molar-refractivity contribution in [2.24, 2.45) is 5.92 Å². The van der Waals surface area contributed by atoms with Gasteiger partial charge in [0.05, 0.1) is 12.3 Å². The lowest BCUT2D eigenvalue weighted by Gasteiger charge is -2.12. The highest BCUT2D eigenvalue weighted by Crippen LogP contribution is 2.14. The normalized spacial score (nSPS) is 12.4. The van der Waals surface area contributed by atoms with Crippen LogP contribution in [-0.4, -0.2) is 5.91 Å². The molecule has 1 heterocycles. The van der Waals surface area contributed by atoms with Crippen LogP contribution in [0, 0.1) is 5.92 Å². The van der Waals surface area contributed by atoms with Crippen molar-refractivity contribution in [2.45, 2.75) is 33.2 Å². The second kappa shape index (κ2) is 6.42. The summed E-state index contributed by atoms with van der Waals surface area (Å²) in [5.74, 6) is 1.30. The van der Waals surface area contributed by atoms with Gasteiger partial charge in [0.1, 0.15) is 5.76 Å². The standard InChI is InChI=1S/C17H21NO2/c1-12(2)11-14-6-8-15(9-7-14)17(19)18-13(3)16-5-4-10-20-16/h4-10,12-13H,11H2,1-3H3,(H,18,19). The van der Waals surface area contributed by atoms with Crippen molar-refractivity contribution >= 4 is 5.91 Å². The second-order valence-electron chi connectivity index (χ2n) is 5.51. The summed E-state index contributed by atoms with van der Waals surface area (Å²) in [6.45, 7) is 6.28. The molecule has 0 bridgehead atoms. The molecule has 0 saturated carbocycles. The minimum absolute atomic E-state index is 0.0787. The van der Waals surface area contributed by atoms with E-state index in [1.807, 2.05) is 43.3 Å². The number of carbonyl (C=O) groups excluding carboxylic acids is 1. The summed E-state index contributed by atoms with van der Waals surface area (Å²) in [4.78, 5) is 12.1. The number of carbonyl (C=O) groups is 1. The van der Waals surface area contributed by atoms with Crippen molar-refractivity contribution in [3.63, 3.8) is 0 Å². The maximum atomic E-state index is 12.1. The van der Waals surface area contributed by atoms with Crippen molar-refractivity contribution in [1.29, 1.82) is 0 Å². The minimum Gasteiger partial charge on any atom is -0.467 e. The first kappa shape index (κ1) is 14.4. The molecule has 0 aliphatic heterocycles. The molecule has 0 aliphatic rings. The highest BCUT2D eigenvalue weighted by atomic mass is 16.3. The molecule has 0 radical (unpaired) electrons. The number of hydrogen-bond acceptors (Lipinski definition) is 2. The molecule has 1 amide bonds. The molecule has 20 heavy (non-hydrogen) atoms. The number of amides is 1. The van der Waals surface area contributed by atoms with Crippen LogP contribution in [0.2, 0.25) is 0 Å². The lowest BCUT2D eigenvalue weighted by molar-refractivity contribution is 0.0935. The van der Waals surface area contributed by atoms with Crippen LogP contribution in [0.1, 0.15) is 48.5 Å². The summed E-state index contributed by atoms with van der Waals surface area (Å²) in [5.41, 5.74) is 1.94. The first-order chi connectivity index (χ1) is 9.56. The molecule has 0 aliphatic carbocycles. The van der Waals surface area contributed by atoms with E-state index in [-0.39, 0.29) is 11.9 Å². The average Bonchev–Trinajstić information content (AvgIpc) is 2.92. The monoisotopic (exact) mass is 271 g/mol. The van der Waals surface area contributed by atoms with Gasteiger partial charge in [-0.3, -0.25) is 4.79 Å². The fourth-order valence-corrected chi connectivity index (χ4v) is 2.15. The minimum atomic E-state index is -0.132. The van der Waals surface area contributed by atoms with E-state index in [1.54, 1.807) is 6.26 Å². The maximum absolute atomic E-state index is 12.1. The Morgan fingerprint density at radius 1 is 1.15 bits per heavy atom. The zero-order valence-electron chi connectivity index (χ0n) is 12.2. The van der Waals surface area contributed by atoms with Crippen molar-refractivity contribution < 1.29 is 9.21 Å². The molecule has 1 atom stereocenters. The Kier molecular flexibility index (Phi) is 4.61. The van der Waals surface area contributed by atoms with E-state index < -0.39 is 0 Å². The molecular formula is C17H21NO2. The molecule has 3 heteroatoms. The van der Waals surface area contributed by atoms with E-state index in [9.17, 15) is 4.79 Å². The molecule has 0 saturated heterocycles. The van der Waals surface area contributed by atoms with Crippen LogP contribution in [0.25, 0.3) is 0 Å². The zero-order chi connectivity index (χ0) is 14.5. The van der Waals surface area contributed by atoms with Gasteiger partial charge in [-0.25, -0.2) is 0 Å². The number of benzene rings is 1. The molecule has 3 nitrogen and oxygen atoms in total. The maximum Gasteiger partial charge on any atom is 0.251 e. The Morgan fingerprint density at radius 2 is 1.85 bits per heavy atom. The van der Waals surface area contributed by atoms with E-state index in [0.717, 1.165) is 12.2 Å². The lowest BCUT2D eigenvalue weighted by atomic mass is 10.0. The Morgan fingerprint density at radius 3 is 2.40 bits per heavy atom. The predicted molar refractivity (Wildman–Crippen MR) is 79.6 cm³/mol. The Balaban J connectivity index is 1.99. The topological polar surface area (TPSA) is 42.2 Å². The van der Waals surface area contributed by atoms with Gasteiger partial charge in [-0.2, -0.15) is 0 Å². The van der Waals surface area contributed by atoms with E-state index in [0.29, 0.717) is 11.5 Å². The molecule has 0 spiro atoms. The number of furan rings is 1. The summed E-state index contributed by atoms with van der Waals surface area (Å²) in [5, 5.41) is 2.93. The van der Waals surface area contributed by atoms with Crippen LogP contribution in [0.3, 0.4) is 0 Å².